The molecule has 1 saturated carbocycles. The van der Waals surface area contributed by atoms with Crippen LogP contribution in [0.4, 0.5) is 0 Å². The predicted octanol–water partition coefficient (Wildman–Crippen LogP) is 3.04. The second-order valence-corrected chi connectivity index (χ2v) is 10.2. The van der Waals surface area contributed by atoms with E-state index >= 15 is 0 Å². The Bertz CT molecular complexity index is 925. The number of nitrogens with one attached hydrogen (secondary N) is 1. The fourth-order valence-electron chi connectivity index (χ4n) is 3.73. The number of sulfonamides is 1. The number of hydrogen-bond acceptors (Lipinski definition) is 7. The van der Waals surface area contributed by atoms with E-state index in [-0.39, 0.29) is 27.9 Å². The van der Waals surface area contributed by atoms with E-state index in [9.17, 15) is 13.2 Å². The van der Waals surface area contributed by atoms with Gasteiger partial charge in [-0.3, -0.25) is 4.79 Å². The fraction of sp³-hybridized carbons (Fsp3) is 0.611. The Morgan fingerprint density at radius 2 is 1.82 bits per heavy atom. The van der Waals surface area contributed by atoms with E-state index < -0.39 is 10.0 Å². The lowest BCUT2D eigenvalue weighted by Gasteiger charge is -2.24. The predicted molar refractivity (Wildman–Crippen MR) is 105 cm³/mol. The van der Waals surface area contributed by atoms with Crippen LogP contribution in [0.2, 0.25) is 0 Å². The molecule has 2 aliphatic rings. The molecule has 2 aromatic rings. The summed E-state index contributed by atoms with van der Waals surface area (Å²) >= 11 is 1.11. The highest BCUT2D eigenvalue weighted by molar-refractivity contribution is 7.91. The van der Waals surface area contributed by atoms with Gasteiger partial charge >= 0.3 is 11.8 Å². The van der Waals surface area contributed by atoms with E-state index in [1.54, 1.807) is 10.3 Å². The largest absolute Gasteiger partial charge is 0.412 e. The summed E-state index contributed by atoms with van der Waals surface area (Å²) in [6, 6.07) is 1.53. The molecule has 0 spiro atoms. The summed E-state index contributed by atoms with van der Waals surface area (Å²) in [5.74, 6) is -0.149. The Balaban J connectivity index is 1.46. The van der Waals surface area contributed by atoms with Crippen LogP contribution in [0, 0.1) is 0 Å². The summed E-state index contributed by atoms with van der Waals surface area (Å²) in [6.45, 7) is 1.40. The van der Waals surface area contributed by atoms with Crippen molar-refractivity contribution in [3.05, 3.63) is 17.3 Å². The molecule has 2 fully saturated rings. The number of aromatic nitrogens is 2. The third-order valence-corrected chi connectivity index (χ3v) is 8.23. The quantitative estimate of drug-likeness (QED) is 0.791. The Morgan fingerprint density at radius 3 is 2.57 bits per heavy atom. The van der Waals surface area contributed by atoms with Gasteiger partial charge in [0.05, 0.1) is 5.56 Å². The first kappa shape index (κ1) is 19.5. The van der Waals surface area contributed by atoms with Crippen LogP contribution >= 0.6 is 11.3 Å². The first-order chi connectivity index (χ1) is 13.5. The monoisotopic (exact) mass is 424 g/mol. The number of piperidine rings is 1. The Labute approximate surface area is 168 Å². The highest BCUT2D eigenvalue weighted by Gasteiger charge is 2.26. The topological polar surface area (TPSA) is 105 Å². The molecule has 4 rings (SSSR count). The molecule has 0 bridgehead atoms. The molecule has 0 radical (unpaired) electrons. The normalized spacial score (nSPS) is 19.1. The third-order valence-electron chi connectivity index (χ3n) is 5.27. The van der Waals surface area contributed by atoms with Crippen molar-refractivity contribution in [3.8, 4) is 11.5 Å². The van der Waals surface area contributed by atoms with Gasteiger partial charge in [0.25, 0.3) is 0 Å². The van der Waals surface area contributed by atoms with Crippen molar-refractivity contribution in [1.29, 1.82) is 0 Å². The Hall–Kier alpha value is -1.78. The minimum absolute atomic E-state index is 0.00136. The first-order valence-corrected chi connectivity index (χ1v) is 12.1. The number of rotatable bonds is 5. The molecule has 1 amide bonds. The Kier molecular flexibility index (Phi) is 5.79. The fourth-order valence-corrected chi connectivity index (χ4v) is 6.20. The smallest absolute Gasteiger partial charge is 0.311 e. The van der Waals surface area contributed by atoms with Gasteiger partial charge in [-0.15, -0.1) is 21.5 Å². The highest BCUT2D eigenvalue weighted by Crippen LogP contribution is 2.29. The molecule has 0 unspecified atom stereocenters. The minimum atomic E-state index is -3.57. The van der Waals surface area contributed by atoms with Crippen LogP contribution < -0.4 is 4.72 Å². The number of likely N-dealkylation sites (tertiary alicyclic amines) is 1. The lowest BCUT2D eigenvalue weighted by Crippen LogP contribution is -2.35. The average Bonchev–Trinajstić information content (AvgIpc) is 3.38. The van der Waals surface area contributed by atoms with E-state index in [4.69, 9.17) is 4.42 Å². The van der Waals surface area contributed by atoms with Crippen LogP contribution in [0.1, 0.15) is 62.1 Å². The van der Waals surface area contributed by atoms with E-state index in [1.165, 1.54) is 6.07 Å². The standard InChI is InChI=1S/C18H24N4O4S2/c23-18(22-9-5-2-6-10-22)17-20-19-16(26-17)13-11-15(27-12-13)28(24,25)21-14-7-3-1-4-8-14/h11-12,14,21H,1-10H2. The minimum Gasteiger partial charge on any atom is -0.412 e. The molecule has 1 N–H and O–H groups in total. The van der Waals surface area contributed by atoms with E-state index in [0.29, 0.717) is 18.7 Å². The summed E-state index contributed by atoms with van der Waals surface area (Å²) in [5.41, 5.74) is 0.513. The zero-order valence-electron chi connectivity index (χ0n) is 15.6. The summed E-state index contributed by atoms with van der Waals surface area (Å²) in [4.78, 5) is 14.2. The average molecular weight is 425 g/mol. The molecule has 1 aliphatic heterocycles. The summed E-state index contributed by atoms with van der Waals surface area (Å²) in [7, 11) is -3.57. The van der Waals surface area contributed by atoms with Crippen molar-refractivity contribution in [2.45, 2.75) is 61.6 Å². The van der Waals surface area contributed by atoms with Gasteiger partial charge in [0.1, 0.15) is 4.21 Å². The maximum Gasteiger partial charge on any atom is 0.311 e. The highest BCUT2D eigenvalue weighted by atomic mass is 32.2. The van der Waals surface area contributed by atoms with Gasteiger partial charge in [-0.2, -0.15) is 0 Å². The zero-order chi connectivity index (χ0) is 19.6. The van der Waals surface area contributed by atoms with E-state index in [0.717, 1.165) is 62.7 Å². The molecule has 10 heteroatoms. The third kappa shape index (κ3) is 4.28. The van der Waals surface area contributed by atoms with Gasteiger partial charge < -0.3 is 9.32 Å². The van der Waals surface area contributed by atoms with E-state index in [2.05, 4.69) is 14.9 Å². The van der Waals surface area contributed by atoms with Crippen molar-refractivity contribution < 1.29 is 17.6 Å². The maximum absolute atomic E-state index is 12.6. The molecule has 1 saturated heterocycles. The van der Waals surface area contributed by atoms with Crippen LogP contribution in [-0.4, -0.2) is 48.6 Å². The van der Waals surface area contributed by atoms with Gasteiger partial charge in [-0.1, -0.05) is 19.3 Å². The lowest BCUT2D eigenvalue weighted by atomic mass is 9.96. The number of carbonyl (C=O) groups is 1. The number of hydrogen-bond donors (Lipinski definition) is 1. The molecule has 0 aromatic carbocycles. The van der Waals surface area contributed by atoms with Gasteiger partial charge in [0.15, 0.2) is 0 Å². The Morgan fingerprint density at radius 1 is 1.11 bits per heavy atom. The first-order valence-electron chi connectivity index (χ1n) is 9.77. The molecule has 0 atom stereocenters. The molecular weight excluding hydrogens is 400 g/mol. The van der Waals surface area contributed by atoms with Crippen molar-refractivity contribution in [2.75, 3.05) is 13.1 Å². The van der Waals surface area contributed by atoms with Crippen LogP contribution in [0.25, 0.3) is 11.5 Å². The second-order valence-electron chi connectivity index (χ2n) is 7.38. The van der Waals surface area contributed by atoms with Crippen LogP contribution in [0.5, 0.6) is 0 Å². The molecular formula is C18H24N4O4S2. The van der Waals surface area contributed by atoms with Crippen molar-refractivity contribution >= 4 is 27.3 Å². The lowest BCUT2D eigenvalue weighted by molar-refractivity contribution is 0.0684. The molecule has 2 aromatic heterocycles. The molecule has 8 nitrogen and oxygen atoms in total. The SMILES string of the molecule is O=C(c1nnc(-c2csc(S(=O)(=O)NC3CCCCC3)c2)o1)N1CCCCC1. The number of thiophene rings is 1. The zero-order valence-corrected chi connectivity index (χ0v) is 17.2. The van der Waals surface area contributed by atoms with Gasteiger partial charge in [0.2, 0.25) is 15.9 Å². The number of amides is 1. The number of carbonyl (C=O) groups excluding carboxylic acids is 1. The van der Waals surface area contributed by atoms with Crippen molar-refractivity contribution in [3.63, 3.8) is 0 Å². The second kappa shape index (κ2) is 8.30. The van der Waals surface area contributed by atoms with Crippen LogP contribution in [0.3, 0.4) is 0 Å². The number of nitrogens with zero attached hydrogens (tertiary/aromatic N) is 3. The molecule has 152 valence electrons. The van der Waals surface area contributed by atoms with Gasteiger partial charge in [0, 0.05) is 24.5 Å². The molecule has 3 heterocycles. The molecule has 1 aliphatic carbocycles. The summed E-state index contributed by atoms with van der Waals surface area (Å²) in [6.07, 6.45) is 8.11. The molecule has 28 heavy (non-hydrogen) atoms. The summed E-state index contributed by atoms with van der Waals surface area (Å²) in [5, 5.41) is 9.47. The van der Waals surface area contributed by atoms with Gasteiger partial charge in [-0.25, -0.2) is 13.1 Å². The van der Waals surface area contributed by atoms with Crippen molar-refractivity contribution in [1.82, 2.24) is 19.8 Å². The summed E-state index contributed by atoms with van der Waals surface area (Å²) < 4.78 is 33.8. The van der Waals surface area contributed by atoms with Crippen LogP contribution in [0.15, 0.2) is 20.1 Å². The maximum atomic E-state index is 12.6. The van der Waals surface area contributed by atoms with Crippen molar-refractivity contribution in [2.24, 2.45) is 0 Å². The van der Waals surface area contributed by atoms with Crippen LogP contribution in [-0.2, 0) is 10.0 Å². The van der Waals surface area contributed by atoms with Gasteiger partial charge in [-0.05, 0) is 38.2 Å². The van der Waals surface area contributed by atoms with E-state index in [1.807, 2.05) is 0 Å².